The first-order chi connectivity index (χ1) is 10.2. The summed E-state index contributed by atoms with van der Waals surface area (Å²) in [6.07, 6.45) is 3.76. The molecule has 1 aliphatic rings. The number of hydrogen-bond donors (Lipinski definition) is 1. The Hall–Kier alpha value is -2.08. The summed E-state index contributed by atoms with van der Waals surface area (Å²) < 4.78 is 5.57. The second-order valence-electron chi connectivity index (χ2n) is 4.99. The van der Waals surface area contributed by atoms with Gasteiger partial charge in [0.1, 0.15) is 10.8 Å². The molecule has 0 aliphatic carbocycles. The second-order valence-corrected chi connectivity index (χ2v) is 5.97. The van der Waals surface area contributed by atoms with Crippen LogP contribution in [-0.2, 0) is 13.0 Å². The number of amides is 2. The number of nitrogens with zero attached hydrogens (tertiary/aromatic N) is 2. The number of benzene rings is 1. The molecule has 2 aromatic rings. The smallest absolute Gasteiger partial charge is 0.321 e. The van der Waals surface area contributed by atoms with Gasteiger partial charge in [-0.2, -0.15) is 0 Å². The number of rotatable bonds is 3. The van der Waals surface area contributed by atoms with Crippen molar-refractivity contribution in [3.05, 3.63) is 40.3 Å². The monoisotopic (exact) mass is 303 g/mol. The van der Waals surface area contributed by atoms with Crippen molar-refractivity contribution >= 4 is 23.1 Å². The van der Waals surface area contributed by atoms with Gasteiger partial charge in [-0.05, 0) is 36.6 Å². The highest BCUT2D eigenvalue weighted by atomic mass is 32.1. The molecule has 3 rings (SSSR count). The minimum atomic E-state index is -0.137. The molecule has 2 amide bonds. The van der Waals surface area contributed by atoms with Crippen LogP contribution in [0.3, 0.4) is 0 Å². The van der Waals surface area contributed by atoms with Gasteiger partial charge in [0.15, 0.2) is 0 Å². The maximum Gasteiger partial charge on any atom is 0.321 e. The van der Waals surface area contributed by atoms with Gasteiger partial charge < -0.3 is 15.0 Å². The first kappa shape index (κ1) is 13.9. The number of carbonyl (C=O) groups is 1. The Morgan fingerprint density at radius 2 is 2.43 bits per heavy atom. The van der Waals surface area contributed by atoms with Crippen LogP contribution in [0.4, 0.5) is 10.5 Å². The van der Waals surface area contributed by atoms with Crippen molar-refractivity contribution in [1.82, 2.24) is 9.88 Å². The Labute approximate surface area is 127 Å². The lowest BCUT2D eigenvalue weighted by molar-refractivity contribution is 0.220. The lowest BCUT2D eigenvalue weighted by atomic mass is 10.1. The Kier molecular flexibility index (Phi) is 4.06. The van der Waals surface area contributed by atoms with Crippen LogP contribution in [0.5, 0.6) is 5.75 Å². The molecule has 2 heterocycles. The molecule has 0 spiro atoms. The van der Waals surface area contributed by atoms with Gasteiger partial charge in [0.25, 0.3) is 0 Å². The molecule has 0 bridgehead atoms. The van der Waals surface area contributed by atoms with Gasteiger partial charge in [-0.15, -0.1) is 11.3 Å². The molecule has 21 heavy (non-hydrogen) atoms. The first-order valence-electron chi connectivity index (χ1n) is 6.88. The summed E-state index contributed by atoms with van der Waals surface area (Å²) in [6, 6.07) is 5.65. The van der Waals surface area contributed by atoms with Gasteiger partial charge >= 0.3 is 6.03 Å². The SMILES string of the molecule is CN(Cc1nccs1)C(=O)Nc1ccc2c(c1)CCCO2. The van der Waals surface area contributed by atoms with E-state index >= 15 is 0 Å². The Bertz CT molecular complexity index is 628. The molecular weight excluding hydrogens is 286 g/mol. The van der Waals surface area contributed by atoms with Crippen LogP contribution in [-0.4, -0.2) is 29.6 Å². The highest BCUT2D eigenvalue weighted by Crippen LogP contribution is 2.27. The molecule has 1 aliphatic heterocycles. The van der Waals surface area contributed by atoms with Crippen molar-refractivity contribution in [2.45, 2.75) is 19.4 Å². The maximum atomic E-state index is 12.2. The Morgan fingerprint density at radius 3 is 3.24 bits per heavy atom. The largest absolute Gasteiger partial charge is 0.493 e. The van der Waals surface area contributed by atoms with E-state index in [2.05, 4.69) is 10.3 Å². The van der Waals surface area contributed by atoms with Crippen LogP contribution in [0.25, 0.3) is 0 Å². The van der Waals surface area contributed by atoms with Gasteiger partial charge in [-0.3, -0.25) is 0 Å². The van der Waals surface area contributed by atoms with Crippen molar-refractivity contribution in [2.75, 3.05) is 19.0 Å². The number of anilines is 1. The third-order valence-corrected chi connectivity index (χ3v) is 4.13. The molecule has 110 valence electrons. The fourth-order valence-electron chi connectivity index (χ4n) is 2.26. The summed E-state index contributed by atoms with van der Waals surface area (Å²) in [5.41, 5.74) is 1.96. The van der Waals surface area contributed by atoms with E-state index in [1.54, 1.807) is 29.5 Å². The number of fused-ring (bicyclic) bond motifs is 1. The summed E-state index contributed by atoms with van der Waals surface area (Å²) in [7, 11) is 1.76. The fourth-order valence-corrected chi connectivity index (χ4v) is 2.93. The first-order valence-corrected chi connectivity index (χ1v) is 7.76. The van der Waals surface area contributed by atoms with Crippen molar-refractivity contribution in [3.8, 4) is 5.75 Å². The van der Waals surface area contributed by atoms with E-state index in [0.717, 1.165) is 41.5 Å². The molecule has 0 unspecified atom stereocenters. The van der Waals surface area contributed by atoms with Crippen molar-refractivity contribution < 1.29 is 9.53 Å². The summed E-state index contributed by atoms with van der Waals surface area (Å²) >= 11 is 1.54. The summed E-state index contributed by atoms with van der Waals surface area (Å²) in [6.45, 7) is 1.28. The van der Waals surface area contributed by atoms with Crippen LogP contribution < -0.4 is 10.1 Å². The number of urea groups is 1. The number of aromatic nitrogens is 1. The average molecular weight is 303 g/mol. The quantitative estimate of drug-likeness (QED) is 0.947. The standard InChI is InChI=1S/C15H17N3O2S/c1-18(10-14-16-6-8-21-14)15(19)17-12-4-5-13-11(9-12)3-2-7-20-13/h4-6,8-9H,2-3,7,10H2,1H3,(H,17,19). The minimum absolute atomic E-state index is 0.137. The molecule has 5 nitrogen and oxygen atoms in total. The summed E-state index contributed by atoms with van der Waals surface area (Å²) in [4.78, 5) is 18.0. The molecule has 0 atom stereocenters. The number of ether oxygens (including phenoxy) is 1. The van der Waals surface area contributed by atoms with Crippen molar-refractivity contribution in [3.63, 3.8) is 0 Å². The van der Waals surface area contributed by atoms with Gasteiger partial charge in [-0.1, -0.05) is 0 Å². The van der Waals surface area contributed by atoms with Crippen LogP contribution in [0.1, 0.15) is 17.0 Å². The van der Waals surface area contributed by atoms with Gasteiger partial charge in [0, 0.05) is 24.3 Å². The van der Waals surface area contributed by atoms with E-state index < -0.39 is 0 Å². The Balaban J connectivity index is 1.64. The normalized spacial score (nSPS) is 13.2. The van der Waals surface area contributed by atoms with E-state index in [1.165, 1.54) is 0 Å². The fraction of sp³-hybridized carbons (Fsp3) is 0.333. The summed E-state index contributed by atoms with van der Waals surface area (Å²) in [5.74, 6) is 0.926. The van der Waals surface area contributed by atoms with E-state index in [-0.39, 0.29) is 6.03 Å². The molecule has 1 N–H and O–H groups in total. The van der Waals surface area contributed by atoms with E-state index in [4.69, 9.17) is 4.74 Å². The molecule has 0 saturated carbocycles. The van der Waals surface area contributed by atoms with Crippen LogP contribution in [0.15, 0.2) is 29.8 Å². The zero-order valence-electron chi connectivity index (χ0n) is 11.8. The molecular formula is C15H17N3O2S. The lowest BCUT2D eigenvalue weighted by Gasteiger charge is -2.20. The molecule has 0 radical (unpaired) electrons. The van der Waals surface area contributed by atoms with Crippen molar-refractivity contribution in [1.29, 1.82) is 0 Å². The van der Waals surface area contributed by atoms with Gasteiger partial charge in [0.05, 0.1) is 13.2 Å². The highest BCUT2D eigenvalue weighted by molar-refractivity contribution is 7.09. The topological polar surface area (TPSA) is 54.5 Å². The third-order valence-electron chi connectivity index (χ3n) is 3.36. The second kappa shape index (κ2) is 6.13. The maximum absolute atomic E-state index is 12.2. The predicted molar refractivity (Wildman–Crippen MR) is 82.9 cm³/mol. The van der Waals surface area contributed by atoms with E-state index in [9.17, 15) is 4.79 Å². The number of carbonyl (C=O) groups excluding carboxylic acids is 1. The molecule has 0 fully saturated rings. The molecule has 1 aromatic carbocycles. The van der Waals surface area contributed by atoms with E-state index in [0.29, 0.717) is 6.54 Å². The number of hydrogen-bond acceptors (Lipinski definition) is 4. The molecule has 0 saturated heterocycles. The van der Waals surface area contributed by atoms with E-state index in [1.807, 2.05) is 23.6 Å². The lowest BCUT2D eigenvalue weighted by Crippen LogP contribution is -2.30. The van der Waals surface area contributed by atoms with Gasteiger partial charge in [-0.25, -0.2) is 9.78 Å². The minimum Gasteiger partial charge on any atom is -0.493 e. The summed E-state index contributed by atoms with van der Waals surface area (Å²) in [5, 5.41) is 5.74. The van der Waals surface area contributed by atoms with Crippen LogP contribution in [0, 0.1) is 0 Å². The van der Waals surface area contributed by atoms with Crippen molar-refractivity contribution in [2.24, 2.45) is 0 Å². The third kappa shape index (κ3) is 3.33. The van der Waals surface area contributed by atoms with Crippen LogP contribution >= 0.6 is 11.3 Å². The zero-order chi connectivity index (χ0) is 14.7. The van der Waals surface area contributed by atoms with Crippen LogP contribution in [0.2, 0.25) is 0 Å². The number of aryl methyl sites for hydroxylation is 1. The average Bonchev–Trinajstić information content (AvgIpc) is 3.00. The molecule has 6 heteroatoms. The Morgan fingerprint density at radius 1 is 1.52 bits per heavy atom. The van der Waals surface area contributed by atoms with Gasteiger partial charge in [0.2, 0.25) is 0 Å². The highest BCUT2D eigenvalue weighted by Gasteiger charge is 2.14. The number of nitrogens with one attached hydrogen (secondary N) is 1. The predicted octanol–water partition coefficient (Wildman–Crippen LogP) is 3.13. The number of thiazole rings is 1. The molecule has 1 aromatic heterocycles. The zero-order valence-corrected chi connectivity index (χ0v) is 12.7.